The summed E-state index contributed by atoms with van der Waals surface area (Å²) in [4.78, 5) is 12.8. The van der Waals surface area contributed by atoms with Gasteiger partial charge < -0.3 is 0 Å². The molecule has 3 aromatic carbocycles. The van der Waals surface area contributed by atoms with Gasteiger partial charge in [0.15, 0.2) is 5.69 Å². The summed E-state index contributed by atoms with van der Waals surface area (Å²) in [5, 5.41) is 9.54. The maximum Gasteiger partial charge on any atom is 0.291 e. The number of hydrogen-bond acceptors (Lipinski definition) is 3. The average molecular weight is 463 g/mol. The lowest BCUT2D eigenvalue weighted by atomic mass is 10.1. The van der Waals surface area contributed by atoms with Crippen LogP contribution >= 0.6 is 23.2 Å². The Hall–Kier alpha value is -3.41. The van der Waals surface area contributed by atoms with Gasteiger partial charge in [0.1, 0.15) is 0 Å². The van der Waals surface area contributed by atoms with E-state index in [0.29, 0.717) is 15.6 Å². The SMILES string of the molecule is Cc1ccc(-c2cc(C(=O)N/N=C\c3ccc(Cl)cc3Cl)nn2-c2ccc(C)cc2)cc1. The smallest absolute Gasteiger partial charge is 0.265 e. The van der Waals surface area contributed by atoms with Crippen LogP contribution in [0.3, 0.4) is 0 Å². The first-order valence-electron chi connectivity index (χ1n) is 9.93. The second-order valence-electron chi connectivity index (χ2n) is 7.39. The highest BCUT2D eigenvalue weighted by Crippen LogP contribution is 2.25. The van der Waals surface area contributed by atoms with Gasteiger partial charge in [-0.1, -0.05) is 76.8 Å². The normalized spacial score (nSPS) is 11.1. The summed E-state index contributed by atoms with van der Waals surface area (Å²) in [6.07, 6.45) is 1.47. The van der Waals surface area contributed by atoms with Gasteiger partial charge in [0.25, 0.3) is 5.91 Å². The maximum absolute atomic E-state index is 12.8. The van der Waals surface area contributed by atoms with Gasteiger partial charge in [-0.2, -0.15) is 10.2 Å². The van der Waals surface area contributed by atoms with E-state index in [1.54, 1.807) is 28.9 Å². The Morgan fingerprint density at radius 2 is 1.59 bits per heavy atom. The monoisotopic (exact) mass is 462 g/mol. The fourth-order valence-electron chi connectivity index (χ4n) is 3.13. The molecule has 0 bridgehead atoms. The summed E-state index contributed by atoms with van der Waals surface area (Å²) in [5.41, 5.74) is 8.33. The number of aryl methyl sites for hydroxylation is 2. The zero-order chi connectivity index (χ0) is 22.7. The Morgan fingerprint density at radius 1 is 0.938 bits per heavy atom. The van der Waals surface area contributed by atoms with E-state index in [-0.39, 0.29) is 5.69 Å². The van der Waals surface area contributed by atoms with Gasteiger partial charge in [0.05, 0.1) is 22.6 Å². The Balaban J connectivity index is 1.64. The van der Waals surface area contributed by atoms with Crippen molar-refractivity contribution in [2.24, 2.45) is 5.10 Å². The van der Waals surface area contributed by atoms with Crippen LogP contribution in [0.2, 0.25) is 10.0 Å². The van der Waals surface area contributed by atoms with E-state index in [4.69, 9.17) is 23.2 Å². The fourth-order valence-corrected chi connectivity index (χ4v) is 3.59. The van der Waals surface area contributed by atoms with Crippen LogP contribution in [0.25, 0.3) is 16.9 Å². The highest BCUT2D eigenvalue weighted by Gasteiger charge is 2.16. The minimum absolute atomic E-state index is 0.250. The summed E-state index contributed by atoms with van der Waals surface area (Å²) in [5.74, 6) is -0.425. The van der Waals surface area contributed by atoms with Crippen molar-refractivity contribution in [3.05, 3.63) is 105 Å². The molecule has 4 rings (SSSR count). The number of benzene rings is 3. The molecular formula is C25H20Cl2N4O. The van der Waals surface area contributed by atoms with Gasteiger partial charge in [0.2, 0.25) is 0 Å². The van der Waals surface area contributed by atoms with Crippen molar-refractivity contribution in [3.63, 3.8) is 0 Å². The predicted molar refractivity (Wildman–Crippen MR) is 130 cm³/mol. The van der Waals surface area contributed by atoms with Gasteiger partial charge >= 0.3 is 0 Å². The lowest BCUT2D eigenvalue weighted by molar-refractivity contribution is 0.0949. The van der Waals surface area contributed by atoms with Gasteiger partial charge in [0, 0.05) is 16.1 Å². The van der Waals surface area contributed by atoms with E-state index in [9.17, 15) is 4.79 Å². The number of nitrogens with zero attached hydrogens (tertiary/aromatic N) is 3. The minimum atomic E-state index is -0.425. The van der Waals surface area contributed by atoms with Crippen LogP contribution in [0.1, 0.15) is 27.2 Å². The third-order valence-electron chi connectivity index (χ3n) is 4.90. The molecule has 0 saturated carbocycles. The molecular weight excluding hydrogens is 443 g/mol. The molecule has 5 nitrogen and oxygen atoms in total. The molecule has 4 aromatic rings. The molecule has 1 heterocycles. The van der Waals surface area contributed by atoms with Crippen molar-refractivity contribution < 1.29 is 4.79 Å². The molecule has 160 valence electrons. The Bertz CT molecular complexity index is 1230. The van der Waals surface area contributed by atoms with Crippen LogP contribution in [0.5, 0.6) is 0 Å². The molecule has 1 N–H and O–H groups in total. The van der Waals surface area contributed by atoms with Crippen molar-refractivity contribution >= 4 is 35.3 Å². The lowest BCUT2D eigenvalue weighted by Gasteiger charge is -2.08. The number of hydrazone groups is 1. The summed E-state index contributed by atoms with van der Waals surface area (Å²) in [6, 6.07) is 22.8. The van der Waals surface area contributed by atoms with Gasteiger partial charge in [-0.3, -0.25) is 4.79 Å². The molecule has 0 fully saturated rings. The van der Waals surface area contributed by atoms with Crippen LogP contribution in [0, 0.1) is 13.8 Å². The number of nitrogens with one attached hydrogen (secondary N) is 1. The lowest BCUT2D eigenvalue weighted by Crippen LogP contribution is -2.18. The molecule has 0 aliphatic rings. The molecule has 0 spiro atoms. The van der Waals surface area contributed by atoms with Crippen LogP contribution in [-0.4, -0.2) is 21.9 Å². The van der Waals surface area contributed by atoms with Crippen molar-refractivity contribution in [2.45, 2.75) is 13.8 Å². The molecule has 7 heteroatoms. The second kappa shape index (κ2) is 9.39. The quantitative estimate of drug-likeness (QED) is 0.282. The van der Waals surface area contributed by atoms with E-state index in [1.807, 2.05) is 62.4 Å². The summed E-state index contributed by atoms with van der Waals surface area (Å²) < 4.78 is 1.76. The van der Waals surface area contributed by atoms with Crippen molar-refractivity contribution in [1.29, 1.82) is 0 Å². The molecule has 32 heavy (non-hydrogen) atoms. The molecule has 0 aliphatic heterocycles. The molecule has 1 aromatic heterocycles. The van der Waals surface area contributed by atoms with Crippen LogP contribution in [0.15, 0.2) is 77.9 Å². The van der Waals surface area contributed by atoms with Crippen LogP contribution in [0.4, 0.5) is 0 Å². The Labute approximate surface area is 196 Å². The first-order valence-corrected chi connectivity index (χ1v) is 10.7. The number of hydrogen-bond donors (Lipinski definition) is 1. The maximum atomic E-state index is 12.8. The molecule has 1 amide bonds. The zero-order valence-corrected chi connectivity index (χ0v) is 19.0. The average Bonchev–Trinajstić information content (AvgIpc) is 3.22. The standard InChI is InChI=1S/C25H20Cl2N4O/c1-16-3-7-18(8-4-16)24-14-23(30-31(24)21-11-5-17(2)6-12-21)25(32)29-28-15-19-9-10-20(26)13-22(19)27/h3-15H,1-2H3,(H,29,32)/b28-15-. The van der Waals surface area contributed by atoms with Gasteiger partial charge in [-0.15, -0.1) is 0 Å². The summed E-state index contributed by atoms with van der Waals surface area (Å²) in [7, 11) is 0. The number of halogens is 2. The summed E-state index contributed by atoms with van der Waals surface area (Å²) >= 11 is 12.0. The zero-order valence-electron chi connectivity index (χ0n) is 17.5. The number of rotatable bonds is 5. The molecule has 0 atom stereocenters. The fraction of sp³-hybridized carbons (Fsp3) is 0.0800. The van der Waals surface area contributed by atoms with Gasteiger partial charge in [-0.25, -0.2) is 10.1 Å². The van der Waals surface area contributed by atoms with Crippen molar-refractivity contribution in [2.75, 3.05) is 0 Å². The second-order valence-corrected chi connectivity index (χ2v) is 8.24. The molecule has 0 radical (unpaired) electrons. The van der Waals surface area contributed by atoms with Crippen molar-refractivity contribution in [1.82, 2.24) is 15.2 Å². The number of amides is 1. The first kappa shape index (κ1) is 21.8. The summed E-state index contributed by atoms with van der Waals surface area (Å²) in [6.45, 7) is 4.06. The number of carbonyl (C=O) groups is 1. The van der Waals surface area contributed by atoms with E-state index in [0.717, 1.165) is 28.1 Å². The van der Waals surface area contributed by atoms with Gasteiger partial charge in [-0.05, 0) is 44.2 Å². The van der Waals surface area contributed by atoms with E-state index in [1.165, 1.54) is 6.21 Å². The largest absolute Gasteiger partial charge is 0.291 e. The van der Waals surface area contributed by atoms with E-state index < -0.39 is 5.91 Å². The van der Waals surface area contributed by atoms with Crippen LogP contribution < -0.4 is 5.43 Å². The molecule has 0 saturated heterocycles. The van der Waals surface area contributed by atoms with E-state index >= 15 is 0 Å². The highest BCUT2D eigenvalue weighted by molar-refractivity contribution is 6.36. The predicted octanol–water partition coefficient (Wildman–Crippen LogP) is 6.23. The molecule has 0 unspecified atom stereocenters. The minimum Gasteiger partial charge on any atom is -0.265 e. The number of aromatic nitrogens is 2. The van der Waals surface area contributed by atoms with E-state index in [2.05, 4.69) is 15.6 Å². The first-order chi connectivity index (χ1) is 15.4. The topological polar surface area (TPSA) is 59.3 Å². The highest BCUT2D eigenvalue weighted by atomic mass is 35.5. The Kier molecular flexibility index (Phi) is 6.40. The third-order valence-corrected chi connectivity index (χ3v) is 5.46. The van der Waals surface area contributed by atoms with Crippen molar-refractivity contribution in [3.8, 4) is 16.9 Å². The third kappa shape index (κ3) is 4.90. The molecule has 0 aliphatic carbocycles. The Morgan fingerprint density at radius 3 is 2.25 bits per heavy atom. The van der Waals surface area contributed by atoms with Crippen LogP contribution in [-0.2, 0) is 0 Å². The number of carbonyl (C=O) groups excluding carboxylic acids is 1.